The number of halogens is 1. The van der Waals surface area contributed by atoms with Gasteiger partial charge in [0, 0.05) is 30.8 Å². The van der Waals surface area contributed by atoms with Crippen molar-refractivity contribution in [1.82, 2.24) is 14.5 Å². The average Bonchev–Trinajstić information content (AvgIpc) is 3.18. The van der Waals surface area contributed by atoms with Gasteiger partial charge >= 0.3 is 0 Å². The van der Waals surface area contributed by atoms with E-state index < -0.39 is 0 Å². The van der Waals surface area contributed by atoms with E-state index in [0.717, 1.165) is 16.9 Å². The average molecular weight is 423 g/mol. The van der Waals surface area contributed by atoms with Crippen LogP contribution in [-0.2, 0) is 6.42 Å². The molecule has 1 saturated heterocycles. The van der Waals surface area contributed by atoms with Crippen molar-refractivity contribution in [2.45, 2.75) is 20.3 Å². The maximum Gasteiger partial charge on any atom is 0.254 e. The van der Waals surface area contributed by atoms with Gasteiger partial charge in [0.2, 0.25) is 0 Å². The van der Waals surface area contributed by atoms with E-state index >= 15 is 0 Å². The van der Waals surface area contributed by atoms with Crippen LogP contribution in [0.3, 0.4) is 0 Å². The predicted octanol–water partition coefficient (Wildman–Crippen LogP) is 4.04. The molecule has 6 nitrogen and oxygen atoms in total. The summed E-state index contributed by atoms with van der Waals surface area (Å²) in [6.07, 6.45) is 4.34. The highest BCUT2D eigenvalue weighted by Crippen LogP contribution is 2.28. The van der Waals surface area contributed by atoms with Crippen LogP contribution in [0, 0.1) is 18.7 Å². The van der Waals surface area contributed by atoms with Crippen molar-refractivity contribution in [3.8, 4) is 17.2 Å². The predicted molar refractivity (Wildman–Crippen MR) is 116 cm³/mol. The third-order valence-corrected chi connectivity index (χ3v) is 5.54. The van der Waals surface area contributed by atoms with Crippen LogP contribution >= 0.6 is 0 Å². The Morgan fingerprint density at radius 1 is 1.19 bits per heavy atom. The number of rotatable bonds is 7. The molecule has 1 aliphatic rings. The van der Waals surface area contributed by atoms with Crippen molar-refractivity contribution in [3.05, 3.63) is 71.6 Å². The quantitative estimate of drug-likeness (QED) is 0.576. The summed E-state index contributed by atoms with van der Waals surface area (Å²) in [7, 11) is 1.59. The molecule has 0 saturated carbocycles. The number of benzene rings is 2. The number of likely N-dealkylation sites (tertiary alicyclic amines) is 1. The first kappa shape index (κ1) is 20.9. The highest BCUT2D eigenvalue weighted by molar-refractivity contribution is 5.95. The number of amides is 1. The highest BCUT2D eigenvalue weighted by Gasteiger charge is 2.32. The summed E-state index contributed by atoms with van der Waals surface area (Å²) in [5.74, 6) is 1.30. The molecular weight excluding hydrogens is 397 g/mol. The van der Waals surface area contributed by atoms with Gasteiger partial charge in [-0.3, -0.25) is 4.79 Å². The summed E-state index contributed by atoms with van der Waals surface area (Å²) >= 11 is 0. The van der Waals surface area contributed by atoms with Crippen molar-refractivity contribution < 1.29 is 18.7 Å². The van der Waals surface area contributed by atoms with Crippen LogP contribution in [0.1, 0.15) is 28.5 Å². The lowest BCUT2D eigenvalue weighted by Crippen LogP contribution is -2.52. The molecule has 31 heavy (non-hydrogen) atoms. The van der Waals surface area contributed by atoms with Crippen molar-refractivity contribution in [2.24, 2.45) is 5.92 Å². The number of carbonyl (C=O) groups is 1. The maximum absolute atomic E-state index is 13.4. The third kappa shape index (κ3) is 4.40. The molecule has 0 bridgehead atoms. The molecule has 1 amide bonds. The smallest absolute Gasteiger partial charge is 0.254 e. The van der Waals surface area contributed by atoms with Gasteiger partial charge < -0.3 is 18.9 Å². The Balaban J connectivity index is 1.36. The fraction of sp³-hybridized carbons (Fsp3) is 0.333. The lowest BCUT2D eigenvalue weighted by molar-refractivity contribution is 0.0392. The van der Waals surface area contributed by atoms with E-state index in [4.69, 9.17) is 9.47 Å². The van der Waals surface area contributed by atoms with Crippen LogP contribution in [0.4, 0.5) is 4.39 Å². The van der Waals surface area contributed by atoms with Gasteiger partial charge in [-0.25, -0.2) is 9.37 Å². The Morgan fingerprint density at radius 2 is 2.00 bits per heavy atom. The first-order valence-corrected chi connectivity index (χ1v) is 10.4. The van der Waals surface area contributed by atoms with Gasteiger partial charge in [0.25, 0.3) is 5.91 Å². The lowest BCUT2D eigenvalue weighted by atomic mass is 9.99. The zero-order valence-corrected chi connectivity index (χ0v) is 18.0. The molecule has 0 atom stereocenters. The molecule has 0 radical (unpaired) electrons. The van der Waals surface area contributed by atoms with Crippen LogP contribution < -0.4 is 9.47 Å². The topological polar surface area (TPSA) is 56.6 Å². The number of aryl methyl sites for hydroxylation is 2. The normalized spacial score (nSPS) is 13.7. The standard InChI is InChI=1S/C24H26FN3O3/c1-4-18-9-20(25)6-8-22(18)31-14-17-12-27(13-17)24(29)19-5-7-21(23(10-19)30-3)28-11-16(2)26-15-28/h5-11,15,17H,4,12-14H2,1-3H3. The van der Waals surface area contributed by atoms with E-state index in [2.05, 4.69) is 4.98 Å². The molecule has 0 unspecified atom stereocenters. The second-order valence-electron chi connectivity index (χ2n) is 7.80. The Morgan fingerprint density at radius 3 is 2.68 bits per heavy atom. The van der Waals surface area contributed by atoms with E-state index in [0.29, 0.717) is 43.2 Å². The molecule has 1 fully saturated rings. The largest absolute Gasteiger partial charge is 0.495 e. The Hall–Kier alpha value is -3.35. The Labute approximate surface area is 181 Å². The van der Waals surface area contributed by atoms with Crippen LogP contribution in [0.25, 0.3) is 5.69 Å². The molecule has 1 aromatic heterocycles. The summed E-state index contributed by atoms with van der Waals surface area (Å²) in [4.78, 5) is 18.9. The fourth-order valence-corrected chi connectivity index (χ4v) is 3.77. The van der Waals surface area contributed by atoms with Crippen molar-refractivity contribution in [3.63, 3.8) is 0 Å². The van der Waals surface area contributed by atoms with E-state index in [9.17, 15) is 9.18 Å². The molecule has 0 spiro atoms. The van der Waals surface area contributed by atoms with Crippen molar-refractivity contribution >= 4 is 5.91 Å². The number of methoxy groups -OCH3 is 1. The number of nitrogens with zero attached hydrogens (tertiary/aromatic N) is 3. The fourth-order valence-electron chi connectivity index (χ4n) is 3.77. The first-order chi connectivity index (χ1) is 15.0. The molecule has 0 N–H and O–H groups in total. The monoisotopic (exact) mass is 423 g/mol. The number of ether oxygens (including phenoxy) is 2. The second-order valence-corrected chi connectivity index (χ2v) is 7.80. The van der Waals surface area contributed by atoms with Crippen LogP contribution in [-0.4, -0.2) is 47.2 Å². The Kier molecular flexibility index (Phi) is 5.93. The van der Waals surface area contributed by atoms with E-state index in [-0.39, 0.29) is 17.6 Å². The molecule has 4 rings (SSSR count). The van der Waals surface area contributed by atoms with Gasteiger partial charge in [0.15, 0.2) is 0 Å². The molecule has 2 heterocycles. The third-order valence-electron chi connectivity index (χ3n) is 5.54. The molecule has 7 heteroatoms. The number of imidazole rings is 1. The van der Waals surface area contributed by atoms with Gasteiger partial charge in [0.05, 0.1) is 31.4 Å². The van der Waals surface area contributed by atoms with Crippen LogP contribution in [0.2, 0.25) is 0 Å². The zero-order chi connectivity index (χ0) is 22.0. The molecular formula is C24H26FN3O3. The molecule has 0 aliphatic carbocycles. The summed E-state index contributed by atoms with van der Waals surface area (Å²) in [5, 5.41) is 0. The SMILES string of the molecule is CCc1cc(F)ccc1OCC1CN(C(=O)c2ccc(-n3cnc(C)c3)c(OC)c2)C1. The van der Waals surface area contributed by atoms with Gasteiger partial charge in [-0.05, 0) is 55.3 Å². The van der Waals surface area contributed by atoms with Gasteiger partial charge in [0.1, 0.15) is 17.3 Å². The minimum absolute atomic E-state index is 0.0288. The molecule has 162 valence electrons. The molecule has 1 aliphatic heterocycles. The maximum atomic E-state index is 13.4. The zero-order valence-electron chi connectivity index (χ0n) is 18.0. The van der Waals surface area contributed by atoms with Crippen molar-refractivity contribution in [1.29, 1.82) is 0 Å². The number of carbonyl (C=O) groups excluding carboxylic acids is 1. The summed E-state index contributed by atoms with van der Waals surface area (Å²) in [5.41, 5.74) is 3.18. The molecule has 3 aromatic rings. The summed E-state index contributed by atoms with van der Waals surface area (Å²) in [6.45, 7) is 5.66. The number of aromatic nitrogens is 2. The minimum Gasteiger partial charge on any atom is -0.495 e. The van der Waals surface area contributed by atoms with Gasteiger partial charge in [-0.1, -0.05) is 6.92 Å². The number of hydrogen-bond donors (Lipinski definition) is 0. The van der Waals surface area contributed by atoms with E-state index in [1.807, 2.05) is 36.7 Å². The first-order valence-electron chi connectivity index (χ1n) is 10.4. The summed E-state index contributed by atoms with van der Waals surface area (Å²) in [6, 6.07) is 10.0. The highest BCUT2D eigenvalue weighted by atomic mass is 19.1. The number of hydrogen-bond acceptors (Lipinski definition) is 4. The summed E-state index contributed by atoms with van der Waals surface area (Å²) < 4.78 is 26.6. The van der Waals surface area contributed by atoms with Crippen LogP contribution in [0.5, 0.6) is 11.5 Å². The van der Waals surface area contributed by atoms with E-state index in [1.165, 1.54) is 12.1 Å². The van der Waals surface area contributed by atoms with Crippen molar-refractivity contribution in [2.75, 3.05) is 26.8 Å². The van der Waals surface area contributed by atoms with Gasteiger partial charge in [-0.15, -0.1) is 0 Å². The Bertz CT molecular complexity index is 1090. The van der Waals surface area contributed by atoms with Crippen LogP contribution in [0.15, 0.2) is 48.9 Å². The minimum atomic E-state index is -0.255. The lowest BCUT2D eigenvalue weighted by Gasteiger charge is -2.39. The second kappa shape index (κ2) is 8.79. The van der Waals surface area contributed by atoms with Gasteiger partial charge in [-0.2, -0.15) is 0 Å². The van der Waals surface area contributed by atoms with E-state index in [1.54, 1.807) is 30.5 Å². The molecule has 2 aromatic carbocycles.